The van der Waals surface area contributed by atoms with Crippen LogP contribution in [0.4, 0.5) is 10.5 Å². The molecule has 2 aromatic carbocycles. The fourth-order valence-corrected chi connectivity index (χ4v) is 2.67. The maximum absolute atomic E-state index is 12.0. The molecule has 0 saturated carbocycles. The van der Waals surface area contributed by atoms with Gasteiger partial charge in [-0.2, -0.15) is 0 Å². The molecule has 0 aliphatic carbocycles. The highest BCUT2D eigenvalue weighted by Crippen LogP contribution is 2.34. The second-order valence-corrected chi connectivity index (χ2v) is 6.84. The van der Waals surface area contributed by atoms with Gasteiger partial charge in [-0.25, -0.2) is 4.79 Å². The van der Waals surface area contributed by atoms with E-state index in [1.807, 2.05) is 42.5 Å². The van der Waals surface area contributed by atoms with Crippen LogP contribution in [0.15, 0.2) is 42.5 Å². The first kappa shape index (κ1) is 16.5. The van der Waals surface area contributed by atoms with E-state index in [2.05, 4.69) is 5.32 Å². The molecule has 3 N–H and O–H groups in total. The van der Waals surface area contributed by atoms with E-state index in [0.717, 1.165) is 16.5 Å². The summed E-state index contributed by atoms with van der Waals surface area (Å²) in [6, 6.07) is 13.3. The van der Waals surface area contributed by atoms with Gasteiger partial charge in [0.15, 0.2) is 0 Å². The number of amides is 2. The summed E-state index contributed by atoms with van der Waals surface area (Å²) in [5.41, 5.74) is 0.756. The zero-order valence-electron chi connectivity index (χ0n) is 12.3. The van der Waals surface area contributed by atoms with E-state index in [4.69, 9.17) is 9.79 Å². The predicted octanol–water partition coefficient (Wildman–Crippen LogP) is 2.55. The minimum atomic E-state index is -4.00. The third-order valence-electron chi connectivity index (χ3n) is 3.33. The summed E-state index contributed by atoms with van der Waals surface area (Å²) in [5, 5.41) is 4.79. The zero-order chi connectivity index (χ0) is 16.2. The van der Waals surface area contributed by atoms with Crippen LogP contribution >= 0.6 is 7.60 Å². The molecule has 0 radical (unpaired) electrons. The third kappa shape index (κ3) is 4.56. The zero-order valence-corrected chi connectivity index (χ0v) is 13.2. The number of hydrogen-bond acceptors (Lipinski definition) is 2. The maximum Gasteiger partial charge on any atom is 0.325 e. The largest absolute Gasteiger partial charge is 0.338 e. The monoisotopic (exact) mass is 322 g/mol. The smallest absolute Gasteiger partial charge is 0.325 e. The van der Waals surface area contributed by atoms with Gasteiger partial charge in [0, 0.05) is 19.3 Å². The van der Waals surface area contributed by atoms with E-state index in [1.54, 1.807) is 7.05 Å². The standard InChI is InChI=1S/C15H19N2O4P/c1-17(15(18)16-9-4-10-22(19,20)21)14-8-7-12-5-2-3-6-13(12)11-14/h2-3,5-8,11H,4,9-10H2,1H3,(H,16,18)(H2,19,20,21). The lowest BCUT2D eigenvalue weighted by Gasteiger charge is -2.18. The molecule has 0 saturated heterocycles. The van der Waals surface area contributed by atoms with Crippen LogP contribution in [-0.2, 0) is 4.57 Å². The summed E-state index contributed by atoms with van der Waals surface area (Å²) in [6.45, 7) is 0.224. The van der Waals surface area contributed by atoms with Crippen LogP contribution < -0.4 is 10.2 Å². The Morgan fingerprint density at radius 1 is 1.18 bits per heavy atom. The highest BCUT2D eigenvalue weighted by atomic mass is 31.2. The molecule has 0 aliphatic heterocycles. The Bertz CT molecular complexity index is 714. The van der Waals surface area contributed by atoms with Crippen molar-refractivity contribution < 1.29 is 19.1 Å². The topological polar surface area (TPSA) is 89.9 Å². The number of nitrogens with zero attached hydrogens (tertiary/aromatic N) is 1. The third-order valence-corrected chi connectivity index (χ3v) is 4.23. The Kier molecular flexibility index (Phi) is 5.19. The second-order valence-electron chi connectivity index (χ2n) is 5.06. The van der Waals surface area contributed by atoms with Crippen molar-refractivity contribution in [3.05, 3.63) is 42.5 Å². The van der Waals surface area contributed by atoms with Gasteiger partial charge in [-0.3, -0.25) is 9.46 Å². The molecule has 22 heavy (non-hydrogen) atoms. The Hall–Kier alpha value is -1.88. The van der Waals surface area contributed by atoms with Gasteiger partial charge in [0.2, 0.25) is 0 Å². The molecule has 0 fully saturated rings. The van der Waals surface area contributed by atoms with Crippen molar-refractivity contribution >= 4 is 30.1 Å². The van der Waals surface area contributed by atoms with Crippen molar-refractivity contribution in [2.75, 3.05) is 24.7 Å². The molecule has 2 rings (SSSR count). The van der Waals surface area contributed by atoms with Gasteiger partial charge in [-0.15, -0.1) is 0 Å². The van der Waals surface area contributed by atoms with E-state index in [-0.39, 0.29) is 25.2 Å². The highest BCUT2D eigenvalue weighted by molar-refractivity contribution is 7.51. The lowest BCUT2D eigenvalue weighted by molar-refractivity contribution is 0.247. The fraction of sp³-hybridized carbons (Fsp3) is 0.267. The fourth-order valence-electron chi connectivity index (χ4n) is 2.10. The van der Waals surface area contributed by atoms with Crippen molar-refractivity contribution in [3.63, 3.8) is 0 Å². The minimum Gasteiger partial charge on any atom is -0.338 e. The quantitative estimate of drug-likeness (QED) is 0.583. The Labute approximate surface area is 128 Å². The van der Waals surface area contributed by atoms with E-state index in [0.29, 0.717) is 0 Å². The van der Waals surface area contributed by atoms with Crippen LogP contribution in [0.5, 0.6) is 0 Å². The normalized spacial score (nSPS) is 11.4. The summed E-state index contributed by atoms with van der Waals surface area (Å²) in [5.74, 6) is 0. The Balaban J connectivity index is 1.95. The van der Waals surface area contributed by atoms with Crippen molar-refractivity contribution in [2.24, 2.45) is 0 Å². The number of urea groups is 1. The molecule has 118 valence electrons. The summed E-state index contributed by atoms with van der Waals surface area (Å²) in [4.78, 5) is 31.0. The van der Waals surface area contributed by atoms with E-state index in [9.17, 15) is 9.36 Å². The molecule has 0 atom stereocenters. The molecule has 7 heteroatoms. The molecular formula is C15H19N2O4P. The number of nitrogens with one attached hydrogen (secondary N) is 1. The number of rotatable bonds is 5. The second kappa shape index (κ2) is 6.92. The van der Waals surface area contributed by atoms with E-state index >= 15 is 0 Å². The van der Waals surface area contributed by atoms with Gasteiger partial charge in [0.25, 0.3) is 0 Å². The molecular weight excluding hydrogens is 303 g/mol. The predicted molar refractivity (Wildman–Crippen MR) is 87.3 cm³/mol. The average Bonchev–Trinajstić information content (AvgIpc) is 2.49. The van der Waals surface area contributed by atoms with Gasteiger partial charge in [0.1, 0.15) is 0 Å². The number of hydrogen-bond donors (Lipinski definition) is 3. The molecule has 0 bridgehead atoms. The van der Waals surface area contributed by atoms with Crippen molar-refractivity contribution in [1.29, 1.82) is 0 Å². The summed E-state index contributed by atoms with van der Waals surface area (Å²) in [7, 11) is -2.34. The van der Waals surface area contributed by atoms with Crippen LogP contribution in [0.2, 0.25) is 0 Å². The molecule has 2 aromatic rings. The minimum absolute atomic E-state index is 0.224. The van der Waals surface area contributed by atoms with Crippen molar-refractivity contribution in [3.8, 4) is 0 Å². The highest BCUT2D eigenvalue weighted by Gasteiger charge is 2.14. The first-order chi connectivity index (χ1) is 10.4. The average molecular weight is 322 g/mol. The molecule has 0 aromatic heterocycles. The number of benzene rings is 2. The molecule has 0 heterocycles. The van der Waals surface area contributed by atoms with Crippen molar-refractivity contribution in [1.82, 2.24) is 5.32 Å². The van der Waals surface area contributed by atoms with Gasteiger partial charge in [0.05, 0.1) is 6.16 Å². The van der Waals surface area contributed by atoms with E-state index < -0.39 is 7.60 Å². The maximum atomic E-state index is 12.0. The lowest BCUT2D eigenvalue weighted by atomic mass is 10.1. The van der Waals surface area contributed by atoms with Gasteiger partial charge in [-0.05, 0) is 29.3 Å². The van der Waals surface area contributed by atoms with Crippen LogP contribution in [0, 0.1) is 0 Å². The molecule has 0 unspecified atom stereocenters. The van der Waals surface area contributed by atoms with Crippen LogP contribution in [-0.4, -0.2) is 35.6 Å². The summed E-state index contributed by atoms with van der Waals surface area (Å²) in [6.07, 6.45) is 0.00848. The Morgan fingerprint density at radius 2 is 1.86 bits per heavy atom. The first-order valence-corrected chi connectivity index (χ1v) is 8.71. The number of carbonyl (C=O) groups excluding carboxylic acids is 1. The molecule has 6 nitrogen and oxygen atoms in total. The van der Waals surface area contributed by atoms with Crippen LogP contribution in [0.3, 0.4) is 0 Å². The SMILES string of the molecule is CN(C(=O)NCCCP(=O)(O)O)c1ccc2ccccc2c1. The number of carbonyl (C=O) groups is 1. The lowest BCUT2D eigenvalue weighted by Crippen LogP contribution is -2.37. The van der Waals surface area contributed by atoms with Gasteiger partial charge >= 0.3 is 13.6 Å². The van der Waals surface area contributed by atoms with E-state index in [1.165, 1.54) is 4.90 Å². The molecule has 0 aliphatic rings. The van der Waals surface area contributed by atoms with Crippen LogP contribution in [0.1, 0.15) is 6.42 Å². The van der Waals surface area contributed by atoms with Crippen molar-refractivity contribution in [2.45, 2.75) is 6.42 Å². The van der Waals surface area contributed by atoms with Gasteiger partial charge in [-0.1, -0.05) is 30.3 Å². The number of anilines is 1. The van der Waals surface area contributed by atoms with Crippen LogP contribution in [0.25, 0.3) is 10.8 Å². The molecule has 2 amide bonds. The Morgan fingerprint density at radius 3 is 2.55 bits per heavy atom. The van der Waals surface area contributed by atoms with Gasteiger partial charge < -0.3 is 15.1 Å². The summed E-state index contributed by atoms with van der Waals surface area (Å²) >= 11 is 0. The number of fused-ring (bicyclic) bond motifs is 1. The summed E-state index contributed by atoms with van der Waals surface area (Å²) < 4.78 is 10.7. The first-order valence-electron chi connectivity index (χ1n) is 6.92. The molecule has 0 spiro atoms.